The quantitative estimate of drug-likeness (QED) is 0.680. The van der Waals surface area contributed by atoms with Crippen molar-refractivity contribution in [2.45, 2.75) is 11.0 Å². The summed E-state index contributed by atoms with van der Waals surface area (Å²) < 4.78 is 37.6. The Labute approximate surface area is 117 Å². The average molecular weight is 306 g/mol. The van der Waals surface area contributed by atoms with Crippen molar-refractivity contribution in [2.75, 3.05) is 27.4 Å². The molecule has 0 saturated heterocycles. The second-order valence-corrected chi connectivity index (χ2v) is 5.91. The minimum absolute atomic E-state index is 0.0317. The molecule has 1 aromatic heterocycles. The molecule has 1 rings (SSSR count). The molecule has 114 valence electrons. The Kier molecular flexibility index (Phi) is 5.69. The fraction of sp³-hybridized carbons (Fsp3) is 0.545. The van der Waals surface area contributed by atoms with E-state index in [1.165, 1.54) is 32.0 Å². The van der Waals surface area contributed by atoms with Crippen LogP contribution in [0.1, 0.15) is 10.5 Å². The van der Waals surface area contributed by atoms with Crippen LogP contribution in [0.4, 0.5) is 0 Å². The number of carbonyl (C=O) groups is 1. The molecule has 2 N–H and O–H groups in total. The molecule has 1 aromatic rings. The van der Waals surface area contributed by atoms with E-state index < -0.39 is 22.1 Å². The zero-order valence-electron chi connectivity index (χ0n) is 11.5. The minimum Gasteiger partial charge on any atom is -0.477 e. The van der Waals surface area contributed by atoms with Crippen molar-refractivity contribution in [3.05, 3.63) is 18.0 Å². The zero-order chi connectivity index (χ0) is 15.3. The molecule has 1 unspecified atom stereocenters. The van der Waals surface area contributed by atoms with E-state index in [9.17, 15) is 13.2 Å². The number of rotatable bonds is 8. The summed E-state index contributed by atoms with van der Waals surface area (Å²) in [7, 11) is 0.605. The maximum Gasteiger partial charge on any atom is 0.352 e. The predicted octanol–water partition coefficient (Wildman–Crippen LogP) is -0.337. The number of carboxylic acids is 1. The first-order valence-electron chi connectivity index (χ1n) is 5.73. The van der Waals surface area contributed by atoms with Crippen LogP contribution in [0.15, 0.2) is 17.2 Å². The topological polar surface area (TPSA) is 107 Å². The molecule has 0 spiro atoms. The van der Waals surface area contributed by atoms with Crippen LogP contribution in [0.3, 0.4) is 0 Å². The van der Waals surface area contributed by atoms with Crippen molar-refractivity contribution < 1.29 is 27.8 Å². The summed E-state index contributed by atoms with van der Waals surface area (Å²) in [4.78, 5) is 10.8. The molecular weight excluding hydrogens is 288 g/mol. The summed E-state index contributed by atoms with van der Waals surface area (Å²) in [6, 6.07) is 1.10. The summed E-state index contributed by atoms with van der Waals surface area (Å²) in [5.74, 6) is -1.19. The highest BCUT2D eigenvalue weighted by molar-refractivity contribution is 7.89. The molecule has 0 aliphatic carbocycles. The Bertz CT molecular complexity index is 565. The fourth-order valence-corrected chi connectivity index (χ4v) is 2.71. The summed E-state index contributed by atoms with van der Waals surface area (Å²) in [5, 5.41) is 8.90. The Morgan fingerprint density at radius 2 is 2.15 bits per heavy atom. The first-order chi connectivity index (χ1) is 9.31. The molecule has 0 aliphatic heterocycles. The van der Waals surface area contributed by atoms with Crippen LogP contribution in [0.25, 0.3) is 0 Å². The SMILES string of the molecule is COCC(CNS(=O)(=O)c1cc(C(=O)O)n(C)c1)OC. The van der Waals surface area contributed by atoms with E-state index in [1.807, 2.05) is 0 Å². The van der Waals surface area contributed by atoms with Crippen LogP contribution in [0.5, 0.6) is 0 Å². The first-order valence-corrected chi connectivity index (χ1v) is 7.21. The number of aryl methyl sites for hydroxylation is 1. The lowest BCUT2D eigenvalue weighted by atomic mass is 10.4. The van der Waals surface area contributed by atoms with E-state index >= 15 is 0 Å². The maximum atomic E-state index is 12.0. The highest BCUT2D eigenvalue weighted by Gasteiger charge is 2.21. The number of aromatic carboxylic acids is 1. The van der Waals surface area contributed by atoms with Crippen molar-refractivity contribution in [3.63, 3.8) is 0 Å². The van der Waals surface area contributed by atoms with Gasteiger partial charge in [0.25, 0.3) is 0 Å². The maximum absolute atomic E-state index is 12.0. The molecule has 0 aliphatic rings. The highest BCUT2D eigenvalue weighted by Crippen LogP contribution is 2.13. The monoisotopic (exact) mass is 306 g/mol. The Hall–Kier alpha value is -1.42. The molecule has 8 nitrogen and oxygen atoms in total. The molecular formula is C11H18N2O6S. The average Bonchev–Trinajstić information content (AvgIpc) is 2.77. The van der Waals surface area contributed by atoms with E-state index in [2.05, 4.69) is 4.72 Å². The number of aromatic nitrogens is 1. The van der Waals surface area contributed by atoms with Gasteiger partial charge in [-0.2, -0.15) is 0 Å². The van der Waals surface area contributed by atoms with Gasteiger partial charge in [0.05, 0.1) is 12.7 Å². The van der Waals surface area contributed by atoms with Gasteiger partial charge in [0, 0.05) is 34.0 Å². The zero-order valence-corrected chi connectivity index (χ0v) is 12.3. The van der Waals surface area contributed by atoms with Crippen LogP contribution >= 0.6 is 0 Å². The van der Waals surface area contributed by atoms with Gasteiger partial charge >= 0.3 is 5.97 Å². The van der Waals surface area contributed by atoms with E-state index in [1.54, 1.807) is 0 Å². The molecule has 0 amide bonds. The van der Waals surface area contributed by atoms with Gasteiger partial charge in [-0.15, -0.1) is 0 Å². The van der Waals surface area contributed by atoms with Gasteiger partial charge in [-0.25, -0.2) is 17.9 Å². The van der Waals surface area contributed by atoms with Crippen molar-refractivity contribution in [3.8, 4) is 0 Å². The predicted molar refractivity (Wildman–Crippen MR) is 70.2 cm³/mol. The molecule has 0 bridgehead atoms. The number of nitrogens with zero attached hydrogens (tertiary/aromatic N) is 1. The van der Waals surface area contributed by atoms with Crippen molar-refractivity contribution in [1.29, 1.82) is 0 Å². The third-order valence-electron chi connectivity index (χ3n) is 2.70. The summed E-state index contributed by atoms with van der Waals surface area (Å²) in [6.07, 6.45) is 0.821. The van der Waals surface area contributed by atoms with Gasteiger partial charge in [-0.1, -0.05) is 0 Å². The molecule has 0 aromatic carbocycles. The Balaban J connectivity index is 2.83. The van der Waals surface area contributed by atoms with Crippen LogP contribution in [0, 0.1) is 0 Å². The van der Waals surface area contributed by atoms with Crippen LogP contribution in [-0.4, -0.2) is 57.5 Å². The molecule has 1 heterocycles. The number of hydrogen-bond acceptors (Lipinski definition) is 5. The van der Waals surface area contributed by atoms with E-state index in [0.717, 1.165) is 6.07 Å². The van der Waals surface area contributed by atoms with Gasteiger partial charge in [0.1, 0.15) is 10.6 Å². The van der Waals surface area contributed by atoms with Crippen molar-refractivity contribution in [1.82, 2.24) is 9.29 Å². The summed E-state index contributed by atoms with van der Waals surface area (Å²) >= 11 is 0. The third-order valence-corrected chi connectivity index (χ3v) is 4.09. The van der Waals surface area contributed by atoms with E-state index in [0.29, 0.717) is 0 Å². The molecule has 0 radical (unpaired) electrons. The number of carboxylic acid groups (broad SMARTS) is 1. The fourth-order valence-electron chi connectivity index (χ4n) is 1.58. The normalized spacial score (nSPS) is 13.3. The second kappa shape index (κ2) is 6.84. The van der Waals surface area contributed by atoms with Gasteiger partial charge in [-0.3, -0.25) is 0 Å². The van der Waals surface area contributed by atoms with Crippen molar-refractivity contribution in [2.24, 2.45) is 7.05 Å². The third kappa shape index (κ3) is 4.04. The summed E-state index contributed by atoms with van der Waals surface area (Å²) in [5.41, 5.74) is -0.106. The Morgan fingerprint density at radius 3 is 2.60 bits per heavy atom. The van der Waals surface area contributed by atoms with E-state index in [4.69, 9.17) is 14.6 Å². The van der Waals surface area contributed by atoms with Gasteiger partial charge in [0.15, 0.2) is 0 Å². The molecule has 1 atom stereocenters. The standard InChI is InChI=1S/C11H18N2O6S/c1-13-6-9(4-10(13)11(14)15)20(16,17)12-5-8(19-3)7-18-2/h4,6,8,12H,5,7H2,1-3H3,(H,14,15). The lowest BCUT2D eigenvalue weighted by Crippen LogP contribution is -2.35. The van der Waals surface area contributed by atoms with Gasteiger partial charge in [-0.05, 0) is 6.07 Å². The number of ether oxygens (including phenoxy) is 2. The molecule has 20 heavy (non-hydrogen) atoms. The molecule has 0 fully saturated rings. The van der Waals surface area contributed by atoms with Gasteiger partial charge in [0.2, 0.25) is 10.0 Å². The summed E-state index contributed by atoms with van der Waals surface area (Å²) in [6.45, 7) is 0.276. The number of nitrogens with one attached hydrogen (secondary N) is 1. The largest absolute Gasteiger partial charge is 0.477 e. The lowest BCUT2D eigenvalue weighted by Gasteiger charge is -2.14. The number of sulfonamides is 1. The molecule has 9 heteroatoms. The van der Waals surface area contributed by atoms with Gasteiger partial charge < -0.3 is 19.1 Å². The van der Waals surface area contributed by atoms with Crippen LogP contribution < -0.4 is 4.72 Å². The smallest absolute Gasteiger partial charge is 0.352 e. The van der Waals surface area contributed by atoms with Crippen molar-refractivity contribution >= 4 is 16.0 Å². The second-order valence-electron chi connectivity index (χ2n) is 4.14. The lowest BCUT2D eigenvalue weighted by molar-refractivity contribution is 0.0320. The Morgan fingerprint density at radius 1 is 1.50 bits per heavy atom. The highest BCUT2D eigenvalue weighted by atomic mass is 32.2. The number of methoxy groups -OCH3 is 2. The van der Waals surface area contributed by atoms with Crippen LogP contribution in [0.2, 0.25) is 0 Å². The minimum atomic E-state index is -3.79. The molecule has 0 saturated carbocycles. The number of hydrogen-bond donors (Lipinski definition) is 2. The first kappa shape index (κ1) is 16.6. The van der Waals surface area contributed by atoms with E-state index in [-0.39, 0.29) is 23.7 Å². The van der Waals surface area contributed by atoms with Crippen LogP contribution in [-0.2, 0) is 26.5 Å².